The number of carbonyl (C=O) groups excluding carboxylic acids is 1. The van der Waals surface area contributed by atoms with E-state index < -0.39 is 0 Å². The number of carbonyl (C=O) groups is 1. The predicted molar refractivity (Wildman–Crippen MR) is 148 cm³/mol. The lowest BCUT2D eigenvalue weighted by molar-refractivity contribution is -0.125. The number of hydrogen-bond acceptors (Lipinski definition) is 7. The average Bonchev–Trinajstić information content (AvgIpc) is 3.53. The highest BCUT2D eigenvalue weighted by Crippen LogP contribution is 2.45. The van der Waals surface area contributed by atoms with E-state index in [1.165, 1.54) is 6.33 Å². The van der Waals surface area contributed by atoms with E-state index in [0.717, 1.165) is 34.4 Å². The summed E-state index contributed by atoms with van der Waals surface area (Å²) in [6.07, 6.45) is 5.78. The first-order chi connectivity index (χ1) is 18.5. The summed E-state index contributed by atoms with van der Waals surface area (Å²) >= 11 is 0. The number of rotatable bonds is 8. The van der Waals surface area contributed by atoms with Crippen molar-refractivity contribution in [3.05, 3.63) is 73.1 Å². The van der Waals surface area contributed by atoms with Crippen molar-refractivity contribution in [1.29, 1.82) is 0 Å². The summed E-state index contributed by atoms with van der Waals surface area (Å²) in [5.74, 6) is 2.52. The molecule has 1 amide bonds. The number of ether oxygens (including phenoxy) is 2. The number of aromatic nitrogens is 3. The van der Waals surface area contributed by atoms with E-state index in [9.17, 15) is 4.79 Å². The van der Waals surface area contributed by atoms with Gasteiger partial charge in [-0.3, -0.25) is 9.36 Å². The van der Waals surface area contributed by atoms with Crippen LogP contribution in [0.25, 0.3) is 22.2 Å². The van der Waals surface area contributed by atoms with E-state index in [2.05, 4.69) is 14.5 Å². The zero-order valence-corrected chi connectivity index (χ0v) is 21.9. The summed E-state index contributed by atoms with van der Waals surface area (Å²) in [6, 6.07) is 17.4. The standard InChI is InChI=1S/C29H32N6O3/c1-33(2)16-7-10-24(36)34-17-15-21(18-34)35-28-26(27(30)31-19-32-28)25(29(35)37-3)20-11-13-23(14-12-20)38-22-8-5-4-6-9-22/h4-14,19,21H,15-18H2,1-3H3,(H2,30,31,32)/b10-7+. The van der Waals surface area contributed by atoms with Crippen LogP contribution in [0.1, 0.15) is 12.5 Å². The summed E-state index contributed by atoms with van der Waals surface area (Å²) in [5, 5.41) is 0.733. The zero-order chi connectivity index (χ0) is 26.6. The number of fused-ring (bicyclic) bond motifs is 1. The first-order valence-corrected chi connectivity index (χ1v) is 12.6. The maximum Gasteiger partial charge on any atom is 0.246 e. The molecule has 196 valence electrons. The van der Waals surface area contributed by atoms with Gasteiger partial charge in [-0.15, -0.1) is 0 Å². The van der Waals surface area contributed by atoms with Gasteiger partial charge in [0, 0.05) is 25.7 Å². The van der Waals surface area contributed by atoms with Crippen molar-refractivity contribution in [2.45, 2.75) is 12.5 Å². The molecule has 4 aromatic rings. The van der Waals surface area contributed by atoms with Gasteiger partial charge in [0.15, 0.2) is 0 Å². The largest absolute Gasteiger partial charge is 0.482 e. The first-order valence-electron chi connectivity index (χ1n) is 12.6. The maximum absolute atomic E-state index is 12.8. The normalized spacial score (nSPS) is 15.6. The van der Waals surface area contributed by atoms with Gasteiger partial charge < -0.3 is 25.0 Å². The first kappa shape index (κ1) is 25.3. The number of nitrogen functional groups attached to an aromatic ring is 1. The fraction of sp³-hybridized carbons (Fsp3) is 0.276. The van der Waals surface area contributed by atoms with Gasteiger partial charge in [-0.25, -0.2) is 9.97 Å². The van der Waals surface area contributed by atoms with Crippen LogP contribution in [0.4, 0.5) is 5.82 Å². The summed E-state index contributed by atoms with van der Waals surface area (Å²) in [6.45, 7) is 1.92. The number of hydrogen-bond donors (Lipinski definition) is 1. The van der Waals surface area contributed by atoms with Crippen molar-refractivity contribution in [3.8, 4) is 28.5 Å². The molecule has 1 aliphatic heterocycles. The predicted octanol–water partition coefficient (Wildman–Crippen LogP) is 4.37. The van der Waals surface area contributed by atoms with Crippen molar-refractivity contribution in [2.24, 2.45) is 0 Å². The van der Waals surface area contributed by atoms with Crippen LogP contribution in [0.15, 0.2) is 73.1 Å². The molecule has 3 heterocycles. The minimum atomic E-state index is -0.0117. The van der Waals surface area contributed by atoms with Crippen molar-refractivity contribution in [1.82, 2.24) is 24.3 Å². The molecule has 2 N–H and O–H groups in total. The van der Waals surface area contributed by atoms with E-state index in [-0.39, 0.29) is 11.9 Å². The molecule has 0 saturated carbocycles. The van der Waals surface area contributed by atoms with Gasteiger partial charge in [-0.05, 0) is 50.3 Å². The van der Waals surface area contributed by atoms with Crippen LogP contribution < -0.4 is 15.2 Å². The minimum Gasteiger partial charge on any atom is -0.482 e. The summed E-state index contributed by atoms with van der Waals surface area (Å²) in [5.41, 5.74) is 8.81. The topological polar surface area (TPSA) is 98.7 Å². The summed E-state index contributed by atoms with van der Waals surface area (Å²) in [7, 11) is 5.59. The lowest BCUT2D eigenvalue weighted by atomic mass is 10.1. The lowest BCUT2D eigenvalue weighted by Gasteiger charge is -2.18. The number of likely N-dealkylation sites (tertiary alicyclic amines) is 1. The molecule has 0 spiro atoms. The Morgan fingerprint density at radius 3 is 2.55 bits per heavy atom. The molecule has 1 fully saturated rings. The van der Waals surface area contributed by atoms with Crippen LogP contribution in [0.3, 0.4) is 0 Å². The number of benzene rings is 2. The van der Waals surface area contributed by atoms with Crippen molar-refractivity contribution < 1.29 is 14.3 Å². The Kier molecular flexibility index (Phi) is 7.28. The highest BCUT2D eigenvalue weighted by Gasteiger charge is 2.32. The highest BCUT2D eigenvalue weighted by atomic mass is 16.5. The van der Waals surface area contributed by atoms with Crippen molar-refractivity contribution in [2.75, 3.05) is 46.6 Å². The molecule has 38 heavy (non-hydrogen) atoms. The van der Waals surface area contributed by atoms with E-state index in [1.54, 1.807) is 13.2 Å². The second kappa shape index (κ2) is 10.9. The fourth-order valence-electron chi connectivity index (χ4n) is 4.88. The molecule has 0 aliphatic carbocycles. The van der Waals surface area contributed by atoms with Gasteiger partial charge >= 0.3 is 0 Å². The van der Waals surface area contributed by atoms with Gasteiger partial charge in [-0.2, -0.15) is 0 Å². The molecule has 9 heteroatoms. The summed E-state index contributed by atoms with van der Waals surface area (Å²) in [4.78, 5) is 25.5. The van der Waals surface area contributed by atoms with Crippen LogP contribution in [-0.4, -0.2) is 71.1 Å². The van der Waals surface area contributed by atoms with E-state index in [4.69, 9.17) is 15.2 Å². The number of para-hydroxylation sites is 1. The van der Waals surface area contributed by atoms with Gasteiger partial charge in [0.05, 0.1) is 24.1 Å². The number of amides is 1. The number of likely N-dealkylation sites (N-methyl/N-ethyl adjacent to an activating group) is 1. The van der Waals surface area contributed by atoms with Crippen LogP contribution in [-0.2, 0) is 4.79 Å². The molecule has 2 aromatic carbocycles. The number of anilines is 1. The van der Waals surface area contributed by atoms with Crippen molar-refractivity contribution in [3.63, 3.8) is 0 Å². The van der Waals surface area contributed by atoms with E-state index >= 15 is 0 Å². The molecule has 2 aromatic heterocycles. The van der Waals surface area contributed by atoms with E-state index in [1.807, 2.05) is 84.6 Å². The molecule has 5 rings (SSSR count). The number of nitrogens with zero attached hydrogens (tertiary/aromatic N) is 5. The molecule has 0 radical (unpaired) electrons. The lowest BCUT2D eigenvalue weighted by Crippen LogP contribution is -2.27. The SMILES string of the molecule is COc1c(-c2ccc(Oc3ccccc3)cc2)c2c(N)ncnc2n1C1CCN(C(=O)/C=C/CN(C)C)C1. The van der Waals surface area contributed by atoms with Crippen LogP contribution in [0.2, 0.25) is 0 Å². The van der Waals surface area contributed by atoms with Gasteiger partial charge in [-0.1, -0.05) is 36.4 Å². The van der Waals surface area contributed by atoms with Gasteiger partial charge in [0.2, 0.25) is 11.8 Å². The monoisotopic (exact) mass is 512 g/mol. The quantitative estimate of drug-likeness (QED) is 0.350. The Labute approximate surface area is 222 Å². The van der Waals surface area contributed by atoms with Crippen LogP contribution >= 0.6 is 0 Å². The van der Waals surface area contributed by atoms with Crippen LogP contribution in [0, 0.1) is 0 Å². The molecule has 1 unspecified atom stereocenters. The molecule has 1 aliphatic rings. The molecular formula is C29H32N6O3. The second-order valence-electron chi connectivity index (χ2n) is 9.54. The fourth-order valence-corrected chi connectivity index (χ4v) is 4.88. The number of nitrogens with two attached hydrogens (primary N) is 1. The third-order valence-electron chi connectivity index (χ3n) is 6.65. The number of methoxy groups -OCH3 is 1. The van der Waals surface area contributed by atoms with Crippen LogP contribution in [0.5, 0.6) is 17.4 Å². The van der Waals surface area contributed by atoms with E-state index in [0.29, 0.717) is 37.0 Å². The van der Waals surface area contributed by atoms with Gasteiger partial charge in [0.1, 0.15) is 29.3 Å². The maximum atomic E-state index is 12.8. The molecular weight excluding hydrogens is 480 g/mol. The Hall–Kier alpha value is -4.37. The summed E-state index contributed by atoms with van der Waals surface area (Å²) < 4.78 is 14.0. The van der Waals surface area contributed by atoms with Gasteiger partial charge in [0.25, 0.3) is 0 Å². The Balaban J connectivity index is 1.48. The third-order valence-corrected chi connectivity index (χ3v) is 6.65. The molecule has 1 atom stereocenters. The molecule has 1 saturated heterocycles. The average molecular weight is 513 g/mol. The highest BCUT2D eigenvalue weighted by molar-refractivity contribution is 6.04. The smallest absolute Gasteiger partial charge is 0.246 e. The third kappa shape index (κ3) is 5.05. The zero-order valence-electron chi connectivity index (χ0n) is 21.9. The second-order valence-corrected chi connectivity index (χ2v) is 9.54. The Bertz CT molecular complexity index is 1450. The minimum absolute atomic E-state index is 0.00754. The van der Waals surface area contributed by atoms with Crippen molar-refractivity contribution >= 4 is 22.8 Å². The molecule has 0 bridgehead atoms. The molecule has 9 nitrogen and oxygen atoms in total. The Morgan fingerprint density at radius 2 is 1.84 bits per heavy atom. The Morgan fingerprint density at radius 1 is 1.11 bits per heavy atom.